The summed E-state index contributed by atoms with van der Waals surface area (Å²) in [6, 6.07) is 14.9. The molecule has 3 N–H and O–H groups in total. The number of hydrogen-bond donors (Lipinski definition) is 2. The molecule has 0 saturated heterocycles. The minimum atomic E-state index is -0.881. The van der Waals surface area contributed by atoms with Crippen LogP contribution in [-0.4, -0.2) is 48.2 Å². The standard InChI is InChI=1S/C24H27N3O4S/c1-30-19-11-10-17(12-20(19)31-2)18(28)14-27(13-15-8-9-15)23(29)21-22(32-24(25)26-21)16-6-4-3-5-7-16/h3-7,10-12,15,18,28H,8-9,13-14H2,1-2H3,(H2,25,26). The SMILES string of the molecule is COc1ccc(C(O)CN(CC2CC2)C(=O)c2nc(N)sc2-c2ccccc2)cc1OC. The molecular formula is C24H27N3O4S. The molecular weight excluding hydrogens is 426 g/mol. The van der Waals surface area contributed by atoms with E-state index in [1.807, 2.05) is 30.3 Å². The molecule has 32 heavy (non-hydrogen) atoms. The Labute approximate surface area is 191 Å². The Morgan fingerprint density at radius 2 is 1.91 bits per heavy atom. The summed E-state index contributed by atoms with van der Waals surface area (Å²) < 4.78 is 10.6. The lowest BCUT2D eigenvalue weighted by Crippen LogP contribution is -2.37. The second kappa shape index (κ2) is 9.58. The van der Waals surface area contributed by atoms with E-state index in [2.05, 4.69) is 4.98 Å². The third-order valence-corrected chi connectivity index (χ3v) is 6.46. The van der Waals surface area contributed by atoms with E-state index < -0.39 is 6.10 Å². The van der Waals surface area contributed by atoms with E-state index in [9.17, 15) is 9.90 Å². The molecule has 0 radical (unpaired) electrons. The number of aliphatic hydroxyl groups is 1. The molecule has 0 bridgehead atoms. The van der Waals surface area contributed by atoms with Gasteiger partial charge in [0.15, 0.2) is 16.6 Å². The van der Waals surface area contributed by atoms with Crippen LogP contribution in [-0.2, 0) is 0 Å². The Hall–Kier alpha value is -3.10. The Morgan fingerprint density at radius 3 is 2.56 bits per heavy atom. The molecule has 4 rings (SSSR count). The third kappa shape index (κ3) is 4.87. The first kappa shape index (κ1) is 22.1. The highest BCUT2D eigenvalue weighted by Gasteiger charge is 2.31. The van der Waals surface area contributed by atoms with Crippen LogP contribution in [0.3, 0.4) is 0 Å². The average Bonchev–Trinajstić information content (AvgIpc) is 3.56. The van der Waals surface area contributed by atoms with Gasteiger partial charge >= 0.3 is 0 Å². The lowest BCUT2D eigenvalue weighted by atomic mass is 10.1. The van der Waals surface area contributed by atoms with E-state index in [1.54, 1.807) is 37.3 Å². The van der Waals surface area contributed by atoms with Gasteiger partial charge in [-0.2, -0.15) is 0 Å². The summed E-state index contributed by atoms with van der Waals surface area (Å²) in [4.78, 5) is 20.4. The average molecular weight is 454 g/mol. The number of anilines is 1. The number of thiazole rings is 1. The smallest absolute Gasteiger partial charge is 0.274 e. The normalized spacial score (nSPS) is 14.1. The van der Waals surface area contributed by atoms with Gasteiger partial charge in [-0.05, 0) is 42.0 Å². The zero-order valence-corrected chi connectivity index (χ0v) is 19.0. The second-order valence-electron chi connectivity index (χ2n) is 7.88. The molecule has 1 unspecified atom stereocenters. The Balaban J connectivity index is 1.60. The molecule has 8 heteroatoms. The number of rotatable bonds is 9. The molecule has 1 amide bonds. The van der Waals surface area contributed by atoms with E-state index in [0.717, 1.165) is 23.3 Å². The summed E-state index contributed by atoms with van der Waals surface area (Å²) in [6.45, 7) is 0.728. The van der Waals surface area contributed by atoms with Crippen molar-refractivity contribution in [2.24, 2.45) is 5.92 Å². The van der Waals surface area contributed by atoms with Gasteiger partial charge < -0.3 is 25.2 Å². The fourth-order valence-electron chi connectivity index (χ4n) is 3.64. The van der Waals surface area contributed by atoms with Gasteiger partial charge in [0.2, 0.25) is 0 Å². The number of carbonyl (C=O) groups excluding carboxylic acids is 1. The van der Waals surface area contributed by atoms with E-state index in [-0.39, 0.29) is 12.5 Å². The van der Waals surface area contributed by atoms with Crippen molar-refractivity contribution in [1.29, 1.82) is 0 Å². The third-order valence-electron chi connectivity index (χ3n) is 5.53. The fraction of sp³-hybridized carbons (Fsp3) is 0.333. The number of carbonyl (C=O) groups is 1. The van der Waals surface area contributed by atoms with E-state index in [4.69, 9.17) is 15.2 Å². The quantitative estimate of drug-likeness (QED) is 0.508. The van der Waals surface area contributed by atoms with Crippen molar-refractivity contribution in [1.82, 2.24) is 9.88 Å². The number of amides is 1. The maximum Gasteiger partial charge on any atom is 0.274 e. The van der Waals surface area contributed by atoms with Crippen molar-refractivity contribution < 1.29 is 19.4 Å². The predicted octanol–water partition coefficient (Wildman–Crippen LogP) is 4.00. The molecule has 1 heterocycles. The Bertz CT molecular complexity index is 1080. The van der Waals surface area contributed by atoms with Crippen molar-refractivity contribution in [3.63, 3.8) is 0 Å². The van der Waals surface area contributed by atoms with Gasteiger partial charge in [-0.3, -0.25) is 4.79 Å². The number of nitrogens with two attached hydrogens (primary N) is 1. The van der Waals surface area contributed by atoms with Crippen molar-refractivity contribution in [3.05, 3.63) is 59.8 Å². The first-order valence-corrected chi connectivity index (χ1v) is 11.3. The number of aromatic nitrogens is 1. The highest BCUT2D eigenvalue weighted by molar-refractivity contribution is 7.19. The molecule has 0 spiro atoms. The maximum absolute atomic E-state index is 13.6. The summed E-state index contributed by atoms with van der Waals surface area (Å²) in [6.07, 6.45) is 1.29. The van der Waals surface area contributed by atoms with Crippen molar-refractivity contribution in [2.45, 2.75) is 18.9 Å². The first-order valence-electron chi connectivity index (χ1n) is 10.5. The molecule has 1 aliphatic carbocycles. The molecule has 7 nitrogen and oxygen atoms in total. The van der Waals surface area contributed by atoms with Crippen LogP contribution in [0.5, 0.6) is 11.5 Å². The second-order valence-corrected chi connectivity index (χ2v) is 8.91. The number of benzene rings is 2. The molecule has 1 fully saturated rings. The predicted molar refractivity (Wildman–Crippen MR) is 125 cm³/mol. The van der Waals surface area contributed by atoms with Crippen molar-refractivity contribution in [3.8, 4) is 21.9 Å². The lowest BCUT2D eigenvalue weighted by molar-refractivity contribution is 0.0606. The fourth-order valence-corrected chi connectivity index (χ4v) is 4.47. The molecule has 3 aromatic rings. The van der Waals surface area contributed by atoms with E-state index in [0.29, 0.717) is 40.4 Å². The van der Waals surface area contributed by atoms with E-state index >= 15 is 0 Å². The summed E-state index contributed by atoms with van der Waals surface area (Å²) in [5.41, 5.74) is 7.86. The van der Waals surface area contributed by atoms with Gasteiger partial charge in [0.05, 0.1) is 31.7 Å². The molecule has 2 aromatic carbocycles. The minimum Gasteiger partial charge on any atom is -0.493 e. The van der Waals surface area contributed by atoms with Crippen LogP contribution in [0.25, 0.3) is 10.4 Å². The lowest BCUT2D eigenvalue weighted by Gasteiger charge is -2.25. The zero-order chi connectivity index (χ0) is 22.7. The van der Waals surface area contributed by atoms with Gasteiger partial charge in [0.1, 0.15) is 5.69 Å². The molecule has 1 atom stereocenters. The van der Waals surface area contributed by atoms with Crippen LogP contribution in [0, 0.1) is 5.92 Å². The number of nitrogens with zero attached hydrogens (tertiary/aromatic N) is 2. The van der Waals surface area contributed by atoms with Crippen molar-refractivity contribution in [2.75, 3.05) is 33.0 Å². The van der Waals surface area contributed by atoms with E-state index in [1.165, 1.54) is 11.3 Å². The molecule has 1 aromatic heterocycles. The van der Waals surface area contributed by atoms with Crippen LogP contribution in [0.15, 0.2) is 48.5 Å². The molecule has 0 aliphatic heterocycles. The number of methoxy groups -OCH3 is 2. The first-order chi connectivity index (χ1) is 15.5. The zero-order valence-electron chi connectivity index (χ0n) is 18.2. The van der Waals surface area contributed by atoms with Crippen LogP contribution >= 0.6 is 11.3 Å². The van der Waals surface area contributed by atoms with Gasteiger partial charge in [-0.15, -0.1) is 0 Å². The number of nitrogen functional groups attached to an aromatic ring is 1. The summed E-state index contributed by atoms with van der Waals surface area (Å²) in [5, 5.41) is 11.3. The van der Waals surface area contributed by atoms with Gasteiger partial charge in [0, 0.05) is 6.54 Å². The van der Waals surface area contributed by atoms with Crippen LogP contribution in [0.2, 0.25) is 0 Å². The number of aliphatic hydroxyl groups excluding tert-OH is 1. The number of ether oxygens (including phenoxy) is 2. The molecule has 168 valence electrons. The summed E-state index contributed by atoms with van der Waals surface area (Å²) >= 11 is 1.30. The minimum absolute atomic E-state index is 0.149. The topological polar surface area (TPSA) is 97.9 Å². The van der Waals surface area contributed by atoms with Crippen molar-refractivity contribution >= 4 is 22.4 Å². The van der Waals surface area contributed by atoms with Gasteiger partial charge in [0.25, 0.3) is 5.91 Å². The highest BCUT2D eigenvalue weighted by atomic mass is 32.1. The van der Waals surface area contributed by atoms with Crippen LogP contribution in [0.4, 0.5) is 5.13 Å². The molecule has 1 aliphatic rings. The summed E-state index contributed by atoms with van der Waals surface area (Å²) in [5.74, 6) is 1.35. The maximum atomic E-state index is 13.6. The Morgan fingerprint density at radius 1 is 1.19 bits per heavy atom. The van der Waals surface area contributed by atoms with Gasteiger partial charge in [-0.25, -0.2) is 4.98 Å². The monoisotopic (exact) mass is 453 g/mol. The van der Waals surface area contributed by atoms with Crippen LogP contribution < -0.4 is 15.2 Å². The molecule has 1 saturated carbocycles. The summed E-state index contributed by atoms with van der Waals surface area (Å²) in [7, 11) is 3.11. The van der Waals surface area contributed by atoms with Crippen LogP contribution in [0.1, 0.15) is 35.0 Å². The largest absolute Gasteiger partial charge is 0.493 e. The van der Waals surface area contributed by atoms with Gasteiger partial charge in [-0.1, -0.05) is 47.7 Å². The highest BCUT2D eigenvalue weighted by Crippen LogP contribution is 2.36. The number of hydrogen-bond acceptors (Lipinski definition) is 7. The Kier molecular flexibility index (Phi) is 6.62.